The predicted molar refractivity (Wildman–Crippen MR) is 121 cm³/mol. The van der Waals surface area contributed by atoms with Crippen molar-refractivity contribution in [2.45, 2.75) is 13.3 Å². The summed E-state index contributed by atoms with van der Waals surface area (Å²) in [6, 6.07) is 3.12. The number of aliphatic imine (C=N–C) groups is 1. The molecule has 0 aliphatic carbocycles. The Morgan fingerprint density at radius 2 is 1.81 bits per heavy atom. The second kappa shape index (κ2) is 13.1. The minimum atomic E-state index is -2.96. The largest absolute Gasteiger partial charge is 0.489 e. The molecule has 0 saturated carbocycles. The van der Waals surface area contributed by atoms with E-state index in [4.69, 9.17) is 39.5 Å². The van der Waals surface area contributed by atoms with E-state index in [2.05, 4.69) is 15.6 Å². The lowest BCUT2D eigenvalue weighted by Crippen LogP contribution is -2.39. The first-order chi connectivity index (χ1) is 11.7. The second-order valence-electron chi connectivity index (χ2n) is 5.22. The van der Waals surface area contributed by atoms with Crippen LogP contribution < -0.4 is 15.4 Å². The van der Waals surface area contributed by atoms with Gasteiger partial charge in [-0.1, -0.05) is 34.8 Å². The topological polar surface area (TPSA) is 79.8 Å². The molecule has 1 aromatic carbocycles. The van der Waals surface area contributed by atoms with Gasteiger partial charge in [-0.2, -0.15) is 0 Å². The summed E-state index contributed by atoms with van der Waals surface area (Å²) in [5, 5.41) is 7.30. The molecule has 0 atom stereocenters. The van der Waals surface area contributed by atoms with Gasteiger partial charge in [-0.15, -0.1) is 24.0 Å². The van der Waals surface area contributed by atoms with Gasteiger partial charge >= 0.3 is 0 Å². The van der Waals surface area contributed by atoms with E-state index in [1.54, 1.807) is 12.1 Å². The van der Waals surface area contributed by atoms with Gasteiger partial charge in [0.2, 0.25) is 0 Å². The van der Waals surface area contributed by atoms with Gasteiger partial charge in [-0.05, 0) is 25.5 Å². The van der Waals surface area contributed by atoms with E-state index >= 15 is 0 Å². The van der Waals surface area contributed by atoms with Gasteiger partial charge in [-0.25, -0.2) is 8.42 Å². The number of halogens is 4. The van der Waals surface area contributed by atoms with Crippen LogP contribution in [0.5, 0.6) is 5.75 Å². The number of hydrogen-bond donors (Lipinski definition) is 2. The minimum absolute atomic E-state index is 0. The Hall–Kier alpha value is -0.160. The number of hydrogen-bond acceptors (Lipinski definition) is 4. The highest BCUT2D eigenvalue weighted by Gasteiger charge is 2.09. The Morgan fingerprint density at radius 3 is 2.35 bits per heavy atom. The van der Waals surface area contributed by atoms with Crippen molar-refractivity contribution in [3.63, 3.8) is 0 Å². The SMILES string of the molecule is CCNC(=NCCCS(C)(=O)=O)NCCOc1c(Cl)cc(Cl)cc1Cl.I. The maximum absolute atomic E-state index is 11.1. The summed E-state index contributed by atoms with van der Waals surface area (Å²) in [5.41, 5.74) is 0. The zero-order valence-corrected chi connectivity index (χ0v) is 19.9. The van der Waals surface area contributed by atoms with E-state index in [0.29, 0.717) is 59.4 Å². The maximum atomic E-state index is 11.1. The molecule has 26 heavy (non-hydrogen) atoms. The molecule has 0 unspecified atom stereocenters. The van der Waals surface area contributed by atoms with E-state index in [1.165, 1.54) is 6.26 Å². The van der Waals surface area contributed by atoms with E-state index in [0.717, 1.165) is 0 Å². The van der Waals surface area contributed by atoms with Crippen LogP contribution >= 0.6 is 58.8 Å². The Morgan fingerprint density at radius 1 is 1.19 bits per heavy atom. The third-order valence-electron chi connectivity index (χ3n) is 2.89. The van der Waals surface area contributed by atoms with Gasteiger partial charge in [0.25, 0.3) is 0 Å². The van der Waals surface area contributed by atoms with Crippen LogP contribution in [0.3, 0.4) is 0 Å². The molecular formula is C15H23Cl3IN3O3S. The van der Waals surface area contributed by atoms with Crippen molar-refractivity contribution in [1.29, 1.82) is 0 Å². The van der Waals surface area contributed by atoms with Crippen LogP contribution in [0.1, 0.15) is 13.3 Å². The number of guanidine groups is 1. The van der Waals surface area contributed by atoms with Crippen molar-refractivity contribution in [3.05, 3.63) is 27.2 Å². The van der Waals surface area contributed by atoms with E-state index in [1.807, 2.05) is 6.92 Å². The molecule has 0 aliphatic rings. The van der Waals surface area contributed by atoms with Crippen molar-refractivity contribution in [2.75, 3.05) is 38.2 Å². The first-order valence-electron chi connectivity index (χ1n) is 7.70. The molecule has 0 aromatic heterocycles. The molecule has 2 N–H and O–H groups in total. The maximum Gasteiger partial charge on any atom is 0.191 e. The molecule has 11 heteroatoms. The molecule has 0 saturated heterocycles. The summed E-state index contributed by atoms with van der Waals surface area (Å²) in [4.78, 5) is 4.31. The van der Waals surface area contributed by atoms with Crippen LogP contribution in [0.25, 0.3) is 0 Å². The van der Waals surface area contributed by atoms with Gasteiger partial charge < -0.3 is 15.4 Å². The Balaban J connectivity index is 0.00000625. The molecule has 0 amide bonds. The van der Waals surface area contributed by atoms with Gasteiger partial charge in [0.05, 0.1) is 22.3 Å². The van der Waals surface area contributed by atoms with Gasteiger partial charge in [0.1, 0.15) is 16.4 Å². The number of nitrogens with one attached hydrogen (secondary N) is 2. The van der Waals surface area contributed by atoms with Gasteiger partial charge in [0, 0.05) is 24.4 Å². The van der Waals surface area contributed by atoms with Crippen LogP contribution in [0.15, 0.2) is 17.1 Å². The molecule has 0 spiro atoms. The quantitative estimate of drug-likeness (QED) is 0.210. The summed E-state index contributed by atoms with van der Waals surface area (Å²) < 4.78 is 27.8. The van der Waals surface area contributed by atoms with Crippen LogP contribution in [-0.4, -0.2) is 52.6 Å². The smallest absolute Gasteiger partial charge is 0.191 e. The molecule has 6 nitrogen and oxygen atoms in total. The molecular weight excluding hydrogens is 536 g/mol. The Labute approximate surface area is 187 Å². The summed E-state index contributed by atoms with van der Waals surface area (Å²) in [5.74, 6) is 1.09. The van der Waals surface area contributed by atoms with Crippen molar-refractivity contribution in [3.8, 4) is 5.75 Å². The standard InChI is InChI=1S/C15H22Cl3N3O3S.HI/c1-3-19-15(20-5-4-8-25(2,22)23)21-6-7-24-14-12(17)9-11(16)10-13(14)18;/h9-10H,3-8H2,1-2H3,(H2,19,20,21);1H. The average Bonchev–Trinajstić information content (AvgIpc) is 2.48. The highest BCUT2D eigenvalue weighted by Crippen LogP contribution is 2.35. The monoisotopic (exact) mass is 557 g/mol. The molecule has 1 rings (SSSR count). The molecule has 0 fully saturated rings. The molecule has 0 heterocycles. The first kappa shape index (κ1) is 25.8. The molecule has 0 radical (unpaired) electrons. The van der Waals surface area contributed by atoms with Crippen LogP contribution in [0.2, 0.25) is 15.1 Å². The Kier molecular flexibility index (Phi) is 13.0. The van der Waals surface area contributed by atoms with E-state index in [9.17, 15) is 8.42 Å². The van der Waals surface area contributed by atoms with Crippen LogP contribution in [0, 0.1) is 0 Å². The normalized spacial score (nSPS) is 11.7. The fourth-order valence-electron chi connectivity index (χ4n) is 1.85. The Bertz CT molecular complexity index is 680. The van der Waals surface area contributed by atoms with Crippen molar-refractivity contribution >= 4 is 74.6 Å². The third kappa shape index (κ3) is 10.9. The minimum Gasteiger partial charge on any atom is -0.489 e. The summed E-state index contributed by atoms with van der Waals surface area (Å²) in [7, 11) is -2.96. The number of ether oxygens (including phenoxy) is 1. The van der Waals surface area contributed by atoms with Crippen molar-refractivity contribution in [2.24, 2.45) is 4.99 Å². The lowest BCUT2D eigenvalue weighted by Gasteiger charge is -2.13. The fourth-order valence-corrected chi connectivity index (χ4v) is 3.43. The second-order valence-corrected chi connectivity index (χ2v) is 8.73. The fraction of sp³-hybridized carbons (Fsp3) is 0.533. The average molecular weight is 559 g/mol. The predicted octanol–water partition coefficient (Wildman–Crippen LogP) is 3.63. The number of benzene rings is 1. The molecule has 0 aliphatic heterocycles. The van der Waals surface area contributed by atoms with Gasteiger partial charge in [0.15, 0.2) is 11.7 Å². The molecule has 0 bridgehead atoms. The number of sulfone groups is 1. The summed E-state index contributed by atoms with van der Waals surface area (Å²) in [6.07, 6.45) is 1.69. The van der Waals surface area contributed by atoms with Crippen LogP contribution in [-0.2, 0) is 9.84 Å². The lowest BCUT2D eigenvalue weighted by molar-refractivity contribution is 0.322. The summed E-state index contributed by atoms with van der Waals surface area (Å²) in [6.45, 7) is 3.82. The zero-order chi connectivity index (χ0) is 18.9. The third-order valence-corrected chi connectivity index (χ3v) is 4.70. The van der Waals surface area contributed by atoms with E-state index < -0.39 is 9.84 Å². The van der Waals surface area contributed by atoms with E-state index in [-0.39, 0.29) is 29.7 Å². The van der Waals surface area contributed by atoms with Gasteiger partial charge in [-0.3, -0.25) is 4.99 Å². The lowest BCUT2D eigenvalue weighted by atomic mass is 10.3. The highest BCUT2D eigenvalue weighted by molar-refractivity contribution is 14.0. The number of nitrogens with zero attached hydrogens (tertiary/aromatic N) is 1. The highest BCUT2D eigenvalue weighted by atomic mass is 127. The van der Waals surface area contributed by atoms with Crippen molar-refractivity contribution < 1.29 is 13.2 Å². The first-order valence-corrected chi connectivity index (χ1v) is 10.9. The number of rotatable bonds is 9. The van der Waals surface area contributed by atoms with Crippen molar-refractivity contribution in [1.82, 2.24) is 10.6 Å². The van der Waals surface area contributed by atoms with Crippen LogP contribution in [0.4, 0.5) is 0 Å². The molecule has 150 valence electrons. The molecule has 1 aromatic rings. The zero-order valence-electron chi connectivity index (χ0n) is 14.5. The summed E-state index contributed by atoms with van der Waals surface area (Å²) >= 11 is 17.9.